The summed E-state index contributed by atoms with van der Waals surface area (Å²) in [5.74, 6) is -2.91. The molecule has 10 heteroatoms. The van der Waals surface area contributed by atoms with Crippen molar-refractivity contribution in [1.82, 2.24) is 15.1 Å². The Morgan fingerprint density at radius 2 is 1.78 bits per heavy atom. The van der Waals surface area contributed by atoms with E-state index in [1.54, 1.807) is 14.1 Å². The Kier molecular flexibility index (Phi) is 6.55. The highest BCUT2D eigenvalue weighted by Crippen LogP contribution is 2.18. The molecule has 1 atom stereocenters. The molecule has 0 spiro atoms. The number of carbonyl (C=O) groups excluding carboxylic acids is 3. The van der Waals surface area contributed by atoms with E-state index in [-0.39, 0.29) is 30.0 Å². The highest BCUT2D eigenvalue weighted by Gasteiger charge is 2.37. The van der Waals surface area contributed by atoms with Crippen LogP contribution in [0.4, 0.5) is 5.69 Å². The van der Waals surface area contributed by atoms with Crippen LogP contribution < -0.4 is 11.1 Å². The molecule has 1 aliphatic rings. The van der Waals surface area contributed by atoms with Crippen molar-refractivity contribution in [1.29, 1.82) is 0 Å². The third-order valence-electron chi connectivity index (χ3n) is 4.29. The molecule has 0 aromatic heterocycles. The Labute approximate surface area is 158 Å². The summed E-state index contributed by atoms with van der Waals surface area (Å²) in [6.07, 6.45) is 0.278. The fourth-order valence-corrected chi connectivity index (χ4v) is 4.50. The van der Waals surface area contributed by atoms with Gasteiger partial charge in [0.15, 0.2) is 9.84 Å². The van der Waals surface area contributed by atoms with Gasteiger partial charge in [0.1, 0.15) is 0 Å². The lowest BCUT2D eigenvalue weighted by molar-refractivity contribution is -0.146. The molecule has 1 saturated heterocycles. The lowest BCUT2D eigenvalue weighted by Crippen LogP contribution is -2.51. The molecule has 0 saturated carbocycles. The number of nitrogens with two attached hydrogens (primary N) is 1. The van der Waals surface area contributed by atoms with Gasteiger partial charge in [-0.25, -0.2) is 8.42 Å². The zero-order valence-electron chi connectivity index (χ0n) is 15.3. The molecule has 27 heavy (non-hydrogen) atoms. The van der Waals surface area contributed by atoms with E-state index in [9.17, 15) is 22.8 Å². The van der Waals surface area contributed by atoms with Crippen molar-refractivity contribution < 1.29 is 22.8 Å². The van der Waals surface area contributed by atoms with Gasteiger partial charge in [0.05, 0.1) is 11.5 Å². The summed E-state index contributed by atoms with van der Waals surface area (Å²) < 4.78 is 23.5. The zero-order valence-corrected chi connectivity index (χ0v) is 16.2. The summed E-state index contributed by atoms with van der Waals surface area (Å²) in [5.41, 5.74) is 6.21. The van der Waals surface area contributed by atoms with Crippen molar-refractivity contribution in [3.63, 3.8) is 0 Å². The Morgan fingerprint density at radius 1 is 1.15 bits per heavy atom. The molecule has 9 nitrogen and oxygen atoms in total. The predicted octanol–water partition coefficient (Wildman–Crippen LogP) is -0.897. The van der Waals surface area contributed by atoms with E-state index in [1.807, 2.05) is 4.90 Å². The molecule has 2 rings (SSSR count). The highest BCUT2D eigenvalue weighted by molar-refractivity contribution is 7.91. The lowest BCUT2D eigenvalue weighted by Gasteiger charge is -2.28. The second-order valence-corrected chi connectivity index (χ2v) is 8.99. The molecule has 3 N–H and O–H groups in total. The standard InChI is InChI=1S/C17H24N4O5S/c1-20(2)8-9-21(14-7-10-27(25,26)11-14)17(24)16(23)19-15(22)12-3-5-13(18)6-4-12/h3-6,14H,7-11,18H2,1-2H3,(H,19,22,23). The van der Waals surface area contributed by atoms with Gasteiger partial charge >= 0.3 is 11.8 Å². The summed E-state index contributed by atoms with van der Waals surface area (Å²) in [7, 11) is 0.382. The number of hydrogen-bond donors (Lipinski definition) is 2. The molecule has 1 aromatic rings. The van der Waals surface area contributed by atoms with Crippen LogP contribution in [0.15, 0.2) is 24.3 Å². The van der Waals surface area contributed by atoms with Crippen LogP contribution in [0.2, 0.25) is 0 Å². The van der Waals surface area contributed by atoms with Crippen LogP contribution in [0.1, 0.15) is 16.8 Å². The minimum absolute atomic E-state index is 0.0185. The number of nitrogens with one attached hydrogen (secondary N) is 1. The summed E-state index contributed by atoms with van der Waals surface area (Å²) in [5, 5.41) is 2.05. The summed E-state index contributed by atoms with van der Waals surface area (Å²) >= 11 is 0. The van der Waals surface area contributed by atoms with E-state index in [1.165, 1.54) is 29.2 Å². The maximum absolute atomic E-state index is 12.6. The Hall–Kier alpha value is -2.46. The van der Waals surface area contributed by atoms with Crippen LogP contribution in [0.25, 0.3) is 0 Å². The molecular weight excluding hydrogens is 372 g/mol. The van der Waals surface area contributed by atoms with Crippen molar-refractivity contribution in [3.8, 4) is 0 Å². The van der Waals surface area contributed by atoms with Gasteiger partial charge in [-0.3, -0.25) is 19.7 Å². The minimum Gasteiger partial charge on any atom is -0.399 e. The van der Waals surface area contributed by atoms with E-state index >= 15 is 0 Å². The fourth-order valence-electron chi connectivity index (χ4n) is 2.77. The second-order valence-electron chi connectivity index (χ2n) is 6.76. The van der Waals surface area contributed by atoms with Crippen LogP contribution in [0.3, 0.4) is 0 Å². The van der Waals surface area contributed by atoms with E-state index < -0.39 is 33.6 Å². The maximum Gasteiger partial charge on any atom is 0.316 e. The molecule has 1 unspecified atom stereocenters. The molecule has 0 bridgehead atoms. The number of hydrogen-bond acceptors (Lipinski definition) is 7. The molecule has 1 heterocycles. The Morgan fingerprint density at radius 3 is 2.30 bits per heavy atom. The molecule has 148 valence electrons. The maximum atomic E-state index is 12.6. The Balaban J connectivity index is 2.09. The van der Waals surface area contributed by atoms with Crippen molar-refractivity contribution in [2.24, 2.45) is 0 Å². The lowest BCUT2D eigenvalue weighted by atomic mass is 10.2. The van der Waals surface area contributed by atoms with Gasteiger partial charge in [-0.1, -0.05) is 0 Å². The van der Waals surface area contributed by atoms with E-state index in [4.69, 9.17) is 5.73 Å². The van der Waals surface area contributed by atoms with Crippen LogP contribution in [-0.2, 0) is 19.4 Å². The SMILES string of the molecule is CN(C)CCN(C(=O)C(=O)NC(=O)c1ccc(N)cc1)C1CCS(=O)(=O)C1. The fraction of sp³-hybridized carbons (Fsp3) is 0.471. The zero-order chi connectivity index (χ0) is 20.2. The monoisotopic (exact) mass is 396 g/mol. The molecule has 1 fully saturated rings. The van der Waals surface area contributed by atoms with Crippen LogP contribution in [0.5, 0.6) is 0 Å². The smallest absolute Gasteiger partial charge is 0.316 e. The second kappa shape index (κ2) is 8.49. The first kappa shape index (κ1) is 20.8. The number of sulfone groups is 1. The van der Waals surface area contributed by atoms with Crippen LogP contribution in [0, 0.1) is 0 Å². The van der Waals surface area contributed by atoms with E-state index in [0.29, 0.717) is 12.2 Å². The number of anilines is 1. The van der Waals surface area contributed by atoms with E-state index in [0.717, 1.165) is 0 Å². The van der Waals surface area contributed by atoms with Crippen molar-refractivity contribution in [2.45, 2.75) is 12.5 Å². The first-order valence-corrected chi connectivity index (χ1v) is 10.3. The number of amides is 3. The van der Waals surface area contributed by atoms with Gasteiger partial charge in [0.2, 0.25) is 0 Å². The number of nitrogen functional groups attached to an aromatic ring is 1. The normalized spacial score (nSPS) is 18.3. The Bertz CT molecular complexity index is 820. The first-order valence-electron chi connectivity index (χ1n) is 8.46. The molecule has 1 aliphatic heterocycles. The van der Waals surface area contributed by atoms with Crippen LogP contribution in [-0.4, -0.2) is 80.7 Å². The molecule has 1 aromatic carbocycles. The van der Waals surface area contributed by atoms with Gasteiger partial charge in [-0.2, -0.15) is 0 Å². The number of nitrogens with zero attached hydrogens (tertiary/aromatic N) is 2. The molecule has 0 radical (unpaired) electrons. The summed E-state index contributed by atoms with van der Waals surface area (Å²) in [6, 6.07) is 5.33. The van der Waals surface area contributed by atoms with Gasteiger partial charge < -0.3 is 15.5 Å². The van der Waals surface area contributed by atoms with Crippen molar-refractivity contribution in [2.75, 3.05) is 44.4 Å². The number of benzene rings is 1. The van der Waals surface area contributed by atoms with Gasteiger partial charge in [-0.15, -0.1) is 0 Å². The quantitative estimate of drug-likeness (QED) is 0.487. The average Bonchev–Trinajstić information content (AvgIpc) is 2.94. The third kappa shape index (κ3) is 5.76. The molecular formula is C17H24N4O5S. The third-order valence-corrected chi connectivity index (χ3v) is 6.04. The highest BCUT2D eigenvalue weighted by atomic mass is 32.2. The van der Waals surface area contributed by atoms with Crippen molar-refractivity contribution >= 4 is 33.2 Å². The summed E-state index contributed by atoms with van der Waals surface area (Å²) in [6.45, 7) is 0.650. The minimum atomic E-state index is -3.23. The first-order chi connectivity index (χ1) is 12.6. The topological polar surface area (TPSA) is 130 Å². The molecule has 0 aliphatic carbocycles. The summed E-state index contributed by atoms with van der Waals surface area (Å²) in [4.78, 5) is 40.1. The number of imide groups is 1. The number of carbonyl (C=O) groups is 3. The number of rotatable bonds is 5. The van der Waals surface area contributed by atoms with Crippen LogP contribution >= 0.6 is 0 Å². The predicted molar refractivity (Wildman–Crippen MR) is 101 cm³/mol. The van der Waals surface area contributed by atoms with E-state index in [2.05, 4.69) is 5.32 Å². The van der Waals surface area contributed by atoms with Crippen molar-refractivity contribution in [3.05, 3.63) is 29.8 Å². The average molecular weight is 396 g/mol. The van der Waals surface area contributed by atoms with Gasteiger partial charge in [0.25, 0.3) is 5.91 Å². The van der Waals surface area contributed by atoms with Gasteiger partial charge in [-0.05, 0) is 44.8 Å². The molecule has 3 amide bonds. The number of likely N-dealkylation sites (N-methyl/N-ethyl adjacent to an activating group) is 1. The largest absolute Gasteiger partial charge is 0.399 e. The van der Waals surface area contributed by atoms with Gasteiger partial charge in [0, 0.05) is 30.4 Å².